The summed E-state index contributed by atoms with van der Waals surface area (Å²) in [5, 5.41) is 5.49. The summed E-state index contributed by atoms with van der Waals surface area (Å²) in [5.41, 5.74) is 1.42. The zero-order chi connectivity index (χ0) is 19.1. The van der Waals surface area contributed by atoms with Gasteiger partial charge in [0.05, 0.1) is 0 Å². The van der Waals surface area contributed by atoms with Crippen LogP contribution >= 0.6 is 12.2 Å². The fraction of sp³-hybridized carbons (Fsp3) is 0.211. The SMILES string of the molecule is CCN(CC)C(=O)c1cccc(NC(=S)NC(=O)c2ccc(F)cc2)c1. The van der Waals surface area contributed by atoms with Crippen molar-refractivity contribution in [2.24, 2.45) is 0 Å². The second kappa shape index (κ2) is 9.05. The number of rotatable bonds is 5. The van der Waals surface area contributed by atoms with E-state index in [0.717, 1.165) is 0 Å². The average Bonchev–Trinajstić information content (AvgIpc) is 2.63. The Morgan fingerprint density at radius 2 is 1.69 bits per heavy atom. The third kappa shape index (κ3) is 5.10. The van der Waals surface area contributed by atoms with Crippen molar-refractivity contribution in [1.29, 1.82) is 0 Å². The smallest absolute Gasteiger partial charge is 0.257 e. The standard InChI is InChI=1S/C19H20FN3O2S/c1-3-23(4-2)18(25)14-6-5-7-16(12-14)21-19(26)22-17(24)13-8-10-15(20)11-9-13/h5-12H,3-4H2,1-2H3,(H2,21,22,24,26). The number of nitrogens with zero attached hydrogens (tertiary/aromatic N) is 1. The van der Waals surface area contributed by atoms with E-state index in [1.807, 2.05) is 13.8 Å². The summed E-state index contributed by atoms with van der Waals surface area (Å²) >= 11 is 5.13. The van der Waals surface area contributed by atoms with Crippen molar-refractivity contribution >= 4 is 34.8 Å². The van der Waals surface area contributed by atoms with Gasteiger partial charge in [0.2, 0.25) is 0 Å². The molecule has 2 amide bonds. The van der Waals surface area contributed by atoms with Crippen LogP contribution in [0.25, 0.3) is 0 Å². The highest BCUT2D eigenvalue weighted by Crippen LogP contribution is 2.13. The van der Waals surface area contributed by atoms with E-state index in [1.54, 1.807) is 29.2 Å². The largest absolute Gasteiger partial charge is 0.339 e. The Hall–Kier alpha value is -2.80. The number of amides is 2. The minimum Gasteiger partial charge on any atom is -0.339 e. The van der Waals surface area contributed by atoms with E-state index in [-0.39, 0.29) is 11.0 Å². The van der Waals surface area contributed by atoms with E-state index in [1.165, 1.54) is 24.3 Å². The number of anilines is 1. The Morgan fingerprint density at radius 3 is 2.31 bits per heavy atom. The first-order valence-corrected chi connectivity index (χ1v) is 8.62. The van der Waals surface area contributed by atoms with Gasteiger partial charge >= 0.3 is 0 Å². The number of hydrogen-bond acceptors (Lipinski definition) is 3. The van der Waals surface area contributed by atoms with E-state index < -0.39 is 11.7 Å². The van der Waals surface area contributed by atoms with Crippen LogP contribution < -0.4 is 10.6 Å². The van der Waals surface area contributed by atoms with Crippen LogP contribution in [0.5, 0.6) is 0 Å². The average molecular weight is 373 g/mol. The quantitative estimate of drug-likeness (QED) is 0.789. The number of thiocarbonyl (C=S) groups is 1. The summed E-state index contributed by atoms with van der Waals surface area (Å²) in [6, 6.07) is 12.0. The van der Waals surface area contributed by atoms with Gasteiger partial charge in [-0.25, -0.2) is 4.39 Å². The Balaban J connectivity index is 2.03. The minimum atomic E-state index is -0.446. The molecule has 7 heteroatoms. The summed E-state index contributed by atoms with van der Waals surface area (Å²) in [5.74, 6) is -0.935. The molecule has 0 spiro atoms. The van der Waals surface area contributed by atoms with Crippen molar-refractivity contribution < 1.29 is 14.0 Å². The van der Waals surface area contributed by atoms with Crippen LogP contribution in [0.15, 0.2) is 48.5 Å². The van der Waals surface area contributed by atoms with Gasteiger partial charge in [0.1, 0.15) is 5.82 Å². The molecule has 2 rings (SSSR count). The number of carbonyl (C=O) groups is 2. The molecule has 26 heavy (non-hydrogen) atoms. The van der Waals surface area contributed by atoms with Gasteiger partial charge < -0.3 is 10.2 Å². The summed E-state index contributed by atoms with van der Waals surface area (Å²) in [7, 11) is 0. The molecule has 2 aromatic rings. The van der Waals surface area contributed by atoms with Crippen LogP contribution in [-0.4, -0.2) is 34.9 Å². The summed E-state index contributed by atoms with van der Waals surface area (Å²) < 4.78 is 12.9. The lowest BCUT2D eigenvalue weighted by molar-refractivity contribution is 0.0772. The van der Waals surface area contributed by atoms with Crippen LogP contribution in [0.3, 0.4) is 0 Å². The molecular weight excluding hydrogens is 353 g/mol. The Kier molecular flexibility index (Phi) is 6.80. The van der Waals surface area contributed by atoms with E-state index in [0.29, 0.717) is 29.9 Å². The van der Waals surface area contributed by atoms with Gasteiger partial charge in [0.15, 0.2) is 5.11 Å². The highest BCUT2D eigenvalue weighted by Gasteiger charge is 2.13. The molecule has 136 valence electrons. The van der Waals surface area contributed by atoms with Gasteiger partial charge in [0, 0.05) is 29.9 Å². The van der Waals surface area contributed by atoms with Crippen LogP contribution in [0, 0.1) is 5.82 Å². The summed E-state index contributed by atoms with van der Waals surface area (Å²) in [4.78, 5) is 26.2. The maximum atomic E-state index is 12.9. The number of hydrogen-bond donors (Lipinski definition) is 2. The Morgan fingerprint density at radius 1 is 1.04 bits per heavy atom. The maximum absolute atomic E-state index is 12.9. The lowest BCUT2D eigenvalue weighted by atomic mass is 10.1. The normalized spacial score (nSPS) is 10.1. The predicted molar refractivity (Wildman–Crippen MR) is 104 cm³/mol. The number of carbonyl (C=O) groups excluding carboxylic acids is 2. The Bertz CT molecular complexity index is 805. The third-order valence-electron chi connectivity index (χ3n) is 3.75. The number of nitrogens with one attached hydrogen (secondary N) is 2. The van der Waals surface area contributed by atoms with Gasteiger partial charge in [0.25, 0.3) is 11.8 Å². The second-order valence-electron chi connectivity index (χ2n) is 5.47. The molecule has 0 fully saturated rings. The molecule has 0 saturated heterocycles. The molecule has 0 aliphatic carbocycles. The summed E-state index contributed by atoms with van der Waals surface area (Å²) in [6.07, 6.45) is 0. The van der Waals surface area contributed by atoms with Crippen molar-refractivity contribution in [2.45, 2.75) is 13.8 Å². The zero-order valence-corrected chi connectivity index (χ0v) is 15.4. The van der Waals surface area contributed by atoms with Crippen LogP contribution in [0.2, 0.25) is 0 Å². The van der Waals surface area contributed by atoms with E-state index in [9.17, 15) is 14.0 Å². The molecule has 0 saturated carbocycles. The van der Waals surface area contributed by atoms with Crippen molar-refractivity contribution in [3.05, 3.63) is 65.5 Å². The van der Waals surface area contributed by atoms with Crippen molar-refractivity contribution in [1.82, 2.24) is 10.2 Å². The van der Waals surface area contributed by atoms with Crippen LogP contribution in [0.1, 0.15) is 34.6 Å². The lowest BCUT2D eigenvalue weighted by Gasteiger charge is -2.19. The fourth-order valence-corrected chi connectivity index (χ4v) is 2.57. The fourth-order valence-electron chi connectivity index (χ4n) is 2.36. The van der Waals surface area contributed by atoms with Gasteiger partial charge in [-0.1, -0.05) is 6.07 Å². The monoisotopic (exact) mass is 373 g/mol. The minimum absolute atomic E-state index is 0.0695. The third-order valence-corrected chi connectivity index (χ3v) is 3.96. The van der Waals surface area contributed by atoms with E-state index in [4.69, 9.17) is 12.2 Å². The molecular formula is C19H20FN3O2S. The van der Waals surface area contributed by atoms with Gasteiger partial charge in [-0.15, -0.1) is 0 Å². The molecule has 0 atom stereocenters. The Labute approximate surface area is 157 Å². The number of benzene rings is 2. The second-order valence-corrected chi connectivity index (χ2v) is 5.88. The topological polar surface area (TPSA) is 61.4 Å². The highest BCUT2D eigenvalue weighted by molar-refractivity contribution is 7.80. The highest BCUT2D eigenvalue weighted by atomic mass is 32.1. The lowest BCUT2D eigenvalue weighted by Crippen LogP contribution is -2.34. The van der Waals surface area contributed by atoms with Crippen molar-refractivity contribution in [2.75, 3.05) is 18.4 Å². The molecule has 2 N–H and O–H groups in total. The molecule has 0 radical (unpaired) electrons. The zero-order valence-electron chi connectivity index (χ0n) is 14.6. The molecule has 0 bridgehead atoms. The molecule has 0 aromatic heterocycles. The molecule has 0 heterocycles. The molecule has 5 nitrogen and oxygen atoms in total. The van der Waals surface area contributed by atoms with E-state index in [2.05, 4.69) is 10.6 Å². The number of halogens is 1. The predicted octanol–water partition coefficient (Wildman–Crippen LogP) is 3.43. The summed E-state index contributed by atoms with van der Waals surface area (Å²) in [6.45, 7) is 5.09. The molecule has 0 aliphatic heterocycles. The first-order chi connectivity index (χ1) is 12.4. The van der Waals surface area contributed by atoms with Crippen molar-refractivity contribution in [3.8, 4) is 0 Å². The van der Waals surface area contributed by atoms with Gasteiger partial charge in [-0.05, 0) is 68.5 Å². The first-order valence-electron chi connectivity index (χ1n) is 8.21. The van der Waals surface area contributed by atoms with Crippen LogP contribution in [0.4, 0.5) is 10.1 Å². The molecule has 0 aliphatic rings. The van der Waals surface area contributed by atoms with Crippen molar-refractivity contribution in [3.63, 3.8) is 0 Å². The molecule has 2 aromatic carbocycles. The maximum Gasteiger partial charge on any atom is 0.257 e. The first kappa shape index (κ1) is 19.5. The van der Waals surface area contributed by atoms with Crippen LogP contribution in [-0.2, 0) is 0 Å². The van der Waals surface area contributed by atoms with E-state index >= 15 is 0 Å². The van der Waals surface area contributed by atoms with Gasteiger partial charge in [-0.2, -0.15) is 0 Å². The molecule has 0 unspecified atom stereocenters. The van der Waals surface area contributed by atoms with Gasteiger partial charge in [-0.3, -0.25) is 14.9 Å².